The molecule has 0 fully saturated rings. The summed E-state index contributed by atoms with van der Waals surface area (Å²) in [4.78, 5) is 0. The average Bonchev–Trinajstić information content (AvgIpc) is 0. The Morgan fingerprint density at radius 2 is 1.00 bits per heavy atom. The molecule has 0 saturated heterocycles. The van der Waals surface area contributed by atoms with Crippen molar-refractivity contribution in [2.45, 2.75) is 0 Å². The number of hydrogen-bond donors (Lipinski definition) is 0. The fourth-order valence-corrected chi connectivity index (χ4v) is 0. The molecule has 13 valence electrons. The molecule has 0 aliphatic rings. The Morgan fingerprint density at radius 1 is 1.00 bits per heavy atom. The summed E-state index contributed by atoms with van der Waals surface area (Å²) >= 11 is 0. The van der Waals surface area contributed by atoms with Crippen LogP contribution in [0.15, 0.2) is 0 Å². The van der Waals surface area contributed by atoms with E-state index in [0.29, 0.717) is 0 Å². The van der Waals surface area contributed by atoms with Crippen molar-refractivity contribution in [2.75, 3.05) is 0 Å². The van der Waals surface area contributed by atoms with Crippen molar-refractivity contribution in [1.82, 2.24) is 0 Å². The van der Waals surface area contributed by atoms with E-state index in [2.05, 4.69) is 0 Å². The van der Waals surface area contributed by atoms with E-state index in [-0.39, 0.29) is 145 Å². The van der Waals surface area contributed by atoms with Gasteiger partial charge in [-0.3, -0.25) is 0 Å². The first-order valence-corrected chi connectivity index (χ1v) is 0. The largest absolute Gasteiger partial charge is 0 e. The molecule has 9 radical (unpaired) electrons. The molecule has 0 aliphatic heterocycles. The zero-order valence-electron chi connectivity index (χ0n) is 3.41. The Bertz CT molecular complexity index is 11.6. The summed E-state index contributed by atoms with van der Waals surface area (Å²) in [6, 6.07) is 0. The molecule has 5 heavy (non-hydrogen) atoms. The number of hydrogen-bond acceptors (Lipinski definition) is 0. The van der Waals surface area contributed by atoms with Gasteiger partial charge in [0.25, 0.3) is 0 Å². The summed E-state index contributed by atoms with van der Waals surface area (Å²) in [6.45, 7) is 0. The van der Waals surface area contributed by atoms with Crippen LogP contribution in [0.3, 0.4) is 0 Å². The summed E-state index contributed by atoms with van der Waals surface area (Å²) < 4.78 is 0. The van der Waals surface area contributed by atoms with Crippen molar-refractivity contribution in [3.63, 3.8) is 0 Å². The van der Waals surface area contributed by atoms with Crippen LogP contribution in [0.4, 0.5) is 0 Å². The molecule has 0 unspecified atom stereocenters. The third-order valence-corrected chi connectivity index (χ3v) is 0. The zero-order valence-corrected chi connectivity index (χ0v) is 13.0. The minimum atomic E-state index is 0. The molecule has 0 saturated carbocycles. The van der Waals surface area contributed by atoms with Crippen molar-refractivity contribution in [3.8, 4) is 0 Å². The second-order valence-corrected chi connectivity index (χ2v) is 0. The van der Waals surface area contributed by atoms with E-state index in [4.69, 9.17) is 0 Å². The van der Waals surface area contributed by atoms with Gasteiger partial charge in [-0.1, -0.05) is 0 Å². The van der Waals surface area contributed by atoms with Gasteiger partial charge in [-0.2, -0.15) is 0 Å². The van der Waals surface area contributed by atoms with Gasteiger partial charge in [0.15, 0.2) is 0 Å². The van der Waals surface area contributed by atoms with Crippen LogP contribution >= 0.6 is 0 Å². The van der Waals surface area contributed by atoms with Gasteiger partial charge in [0, 0.05) is 145 Å². The molecule has 0 bridgehead atoms. The van der Waals surface area contributed by atoms with Crippen LogP contribution in [0.25, 0.3) is 0 Å². The quantitative estimate of drug-likeness (QED) is 0.473. The Balaban J connectivity index is 0. The summed E-state index contributed by atoms with van der Waals surface area (Å²) in [6.07, 6.45) is 0. The van der Waals surface area contributed by atoms with Gasteiger partial charge in [0.05, 0.1) is 0 Å². The zero-order chi connectivity index (χ0) is 0. The maximum atomic E-state index is 0. The number of rotatable bonds is 0. The predicted molar refractivity (Wildman–Crippen MR) is 23.0 cm³/mol. The van der Waals surface area contributed by atoms with Gasteiger partial charge >= 0.3 is 0 Å². The van der Waals surface area contributed by atoms with E-state index < -0.39 is 0 Å². The molecule has 0 aromatic rings. The van der Waals surface area contributed by atoms with Crippen LogP contribution in [0.5, 0.6) is 0 Å². The Morgan fingerprint density at radius 3 is 1.00 bits per heavy atom. The Kier molecular flexibility index (Phi) is 153. The summed E-state index contributed by atoms with van der Waals surface area (Å²) in [5.74, 6) is 0. The second kappa shape index (κ2) is 23.2. The molecular formula is CaCeLiMgSn. The van der Waals surface area contributed by atoms with Crippen LogP contribution in [0.1, 0.15) is 0 Å². The predicted octanol–water partition coefficient (Wildman–Crippen LogP) is -1.52. The topological polar surface area (TPSA) is 0 Å². The van der Waals surface area contributed by atoms with E-state index in [9.17, 15) is 0 Å². The molecule has 0 aliphatic carbocycles. The molecule has 0 aromatic carbocycles. The maximum Gasteiger partial charge on any atom is 0 e. The van der Waals surface area contributed by atoms with Crippen molar-refractivity contribution in [3.05, 3.63) is 0 Å². The third kappa shape index (κ3) is 17.7. The second-order valence-electron chi connectivity index (χ2n) is 0. The van der Waals surface area contributed by atoms with Crippen LogP contribution in [-0.4, -0.2) is 104 Å². The van der Waals surface area contributed by atoms with Crippen LogP contribution in [0.2, 0.25) is 0 Å². The summed E-state index contributed by atoms with van der Waals surface area (Å²) in [5.41, 5.74) is 0. The van der Waals surface area contributed by atoms with Crippen molar-refractivity contribution in [1.29, 1.82) is 0 Å². The minimum Gasteiger partial charge on any atom is 0 e. The van der Waals surface area contributed by atoms with Gasteiger partial charge in [0.1, 0.15) is 0 Å². The van der Waals surface area contributed by atoms with E-state index in [1.807, 2.05) is 0 Å². The Hall–Kier alpha value is 4.80. The normalized spacial score (nSPS) is 0. The van der Waals surface area contributed by atoms with Crippen molar-refractivity contribution < 1.29 is 41.7 Å². The molecular weight excluding hydrogens is 330 g/mol. The first-order valence-electron chi connectivity index (χ1n) is 0. The van der Waals surface area contributed by atoms with Crippen molar-refractivity contribution >= 4 is 104 Å². The molecule has 0 aromatic heterocycles. The fraction of sp³-hybridized carbons (Fsp3) is 0. The SMILES string of the molecule is [Ca].[Ce].[Li].[Mg].[Sn]. The third-order valence-electron chi connectivity index (χ3n) is 0. The molecule has 0 rings (SSSR count). The van der Waals surface area contributed by atoms with Gasteiger partial charge in [0.2, 0.25) is 0 Å². The smallest absolute Gasteiger partial charge is 0 e. The standard InChI is InChI=1S/Ca.Ce.Li.Mg.Sn. The summed E-state index contributed by atoms with van der Waals surface area (Å²) in [7, 11) is 0. The van der Waals surface area contributed by atoms with Crippen LogP contribution in [-0.2, 0) is 0 Å². The average molecular weight is 330 g/mol. The van der Waals surface area contributed by atoms with E-state index in [0.717, 1.165) is 0 Å². The van der Waals surface area contributed by atoms with Gasteiger partial charge in [-0.15, -0.1) is 0 Å². The molecule has 0 atom stereocenters. The van der Waals surface area contributed by atoms with Gasteiger partial charge < -0.3 is 0 Å². The van der Waals surface area contributed by atoms with Crippen LogP contribution < -0.4 is 0 Å². The van der Waals surface area contributed by atoms with E-state index in [1.165, 1.54) is 0 Å². The molecule has 0 N–H and O–H groups in total. The summed E-state index contributed by atoms with van der Waals surface area (Å²) in [5, 5.41) is 0. The maximum absolute atomic E-state index is 0. The van der Waals surface area contributed by atoms with Crippen molar-refractivity contribution in [2.24, 2.45) is 0 Å². The van der Waals surface area contributed by atoms with E-state index in [1.54, 1.807) is 0 Å². The molecule has 0 spiro atoms. The van der Waals surface area contributed by atoms with Gasteiger partial charge in [-0.25, -0.2) is 0 Å². The molecule has 0 amide bonds. The fourth-order valence-electron chi connectivity index (χ4n) is 0. The van der Waals surface area contributed by atoms with E-state index >= 15 is 0 Å². The van der Waals surface area contributed by atoms with Gasteiger partial charge in [-0.05, 0) is 0 Å². The first kappa shape index (κ1) is 32.9. The molecule has 0 heterocycles. The minimum absolute atomic E-state index is 0. The Labute approximate surface area is 141 Å². The molecule has 0 nitrogen and oxygen atoms in total. The molecule has 5 heteroatoms. The first-order chi connectivity index (χ1) is 0. The van der Waals surface area contributed by atoms with Crippen LogP contribution in [0, 0.1) is 41.7 Å². The monoisotopic (exact) mass is 331 g/mol.